The maximum atomic E-state index is 12.7. The van der Waals surface area contributed by atoms with Crippen LogP contribution in [0.15, 0.2) is 42.7 Å². The van der Waals surface area contributed by atoms with Crippen molar-refractivity contribution in [2.24, 2.45) is 0 Å². The number of aromatic nitrogens is 3. The van der Waals surface area contributed by atoms with Crippen LogP contribution in [0.3, 0.4) is 0 Å². The topological polar surface area (TPSA) is 89.4 Å². The summed E-state index contributed by atoms with van der Waals surface area (Å²) in [6.45, 7) is 3.68. The number of amides is 2. The third-order valence-corrected chi connectivity index (χ3v) is 4.27. The van der Waals surface area contributed by atoms with Gasteiger partial charge in [0.25, 0.3) is 5.91 Å². The van der Waals surface area contributed by atoms with Gasteiger partial charge < -0.3 is 15.0 Å². The Bertz CT molecular complexity index is 1090. The first kappa shape index (κ1) is 22.1. The standard InChI is InChI=1S/C20H20F3N5O3/c1-12(2)28-18-13(10-25-28)8-14(9-24-18)19(30)27(3)11-17(29)26-15-4-6-16(7-5-15)31-20(21,22)23/h4-10,12H,11H2,1-3H3,(H,26,29). The van der Waals surface area contributed by atoms with Crippen LogP contribution in [0.2, 0.25) is 0 Å². The molecule has 0 unspecified atom stereocenters. The summed E-state index contributed by atoms with van der Waals surface area (Å²) in [5.41, 5.74) is 1.23. The monoisotopic (exact) mass is 435 g/mol. The minimum atomic E-state index is -4.79. The Kier molecular flexibility index (Phi) is 6.14. The Morgan fingerprint density at radius 1 is 1.19 bits per heavy atom. The van der Waals surface area contributed by atoms with Crippen LogP contribution in [0.5, 0.6) is 5.75 Å². The predicted octanol–water partition coefficient (Wildman–Crippen LogP) is 3.62. The fraction of sp³-hybridized carbons (Fsp3) is 0.300. The second-order valence-electron chi connectivity index (χ2n) is 7.10. The number of ether oxygens (including phenoxy) is 1. The number of carbonyl (C=O) groups excluding carboxylic acids is 2. The van der Waals surface area contributed by atoms with E-state index in [1.807, 2.05) is 13.8 Å². The largest absolute Gasteiger partial charge is 0.573 e. The number of nitrogens with one attached hydrogen (secondary N) is 1. The molecule has 0 radical (unpaired) electrons. The molecule has 0 aliphatic carbocycles. The molecule has 2 aromatic heterocycles. The Hall–Kier alpha value is -3.63. The van der Waals surface area contributed by atoms with Gasteiger partial charge in [0.2, 0.25) is 5.91 Å². The smallest absolute Gasteiger partial charge is 0.406 e. The number of nitrogens with zero attached hydrogens (tertiary/aromatic N) is 4. The van der Waals surface area contributed by atoms with Crippen molar-refractivity contribution in [1.29, 1.82) is 0 Å². The van der Waals surface area contributed by atoms with Crippen molar-refractivity contribution in [1.82, 2.24) is 19.7 Å². The average molecular weight is 435 g/mol. The van der Waals surface area contributed by atoms with Crippen LogP contribution >= 0.6 is 0 Å². The molecule has 0 fully saturated rings. The second-order valence-corrected chi connectivity index (χ2v) is 7.10. The summed E-state index contributed by atoms with van der Waals surface area (Å²) >= 11 is 0. The molecule has 2 amide bonds. The van der Waals surface area contributed by atoms with E-state index in [4.69, 9.17) is 0 Å². The van der Waals surface area contributed by atoms with E-state index < -0.39 is 23.9 Å². The van der Waals surface area contributed by atoms with Gasteiger partial charge in [-0.15, -0.1) is 13.2 Å². The van der Waals surface area contributed by atoms with Gasteiger partial charge in [-0.05, 0) is 44.2 Å². The number of hydrogen-bond donors (Lipinski definition) is 1. The molecule has 3 rings (SSSR count). The van der Waals surface area contributed by atoms with Crippen molar-refractivity contribution in [2.45, 2.75) is 26.3 Å². The Morgan fingerprint density at radius 3 is 2.48 bits per heavy atom. The molecule has 8 nitrogen and oxygen atoms in total. The van der Waals surface area contributed by atoms with Gasteiger partial charge in [-0.3, -0.25) is 9.59 Å². The van der Waals surface area contributed by atoms with Crippen molar-refractivity contribution in [2.75, 3.05) is 18.9 Å². The zero-order valence-corrected chi connectivity index (χ0v) is 17.0. The lowest BCUT2D eigenvalue weighted by molar-refractivity contribution is -0.274. The van der Waals surface area contributed by atoms with Gasteiger partial charge in [0.05, 0.1) is 18.3 Å². The van der Waals surface area contributed by atoms with E-state index in [1.165, 1.54) is 30.3 Å². The molecular formula is C20H20F3N5O3. The number of hydrogen-bond acceptors (Lipinski definition) is 5. The summed E-state index contributed by atoms with van der Waals surface area (Å²) in [5, 5.41) is 7.48. The molecule has 1 aromatic carbocycles. The molecule has 31 heavy (non-hydrogen) atoms. The third-order valence-electron chi connectivity index (χ3n) is 4.27. The maximum Gasteiger partial charge on any atom is 0.573 e. The number of benzene rings is 1. The summed E-state index contributed by atoms with van der Waals surface area (Å²) in [6.07, 6.45) is -1.74. The lowest BCUT2D eigenvalue weighted by Gasteiger charge is -2.17. The first-order valence-corrected chi connectivity index (χ1v) is 9.28. The van der Waals surface area contributed by atoms with Crippen LogP contribution in [-0.2, 0) is 4.79 Å². The zero-order chi connectivity index (χ0) is 22.8. The highest BCUT2D eigenvalue weighted by molar-refractivity contribution is 6.00. The van der Waals surface area contributed by atoms with Gasteiger partial charge in [0.15, 0.2) is 5.65 Å². The van der Waals surface area contributed by atoms with Crippen molar-refractivity contribution in [3.05, 3.63) is 48.3 Å². The van der Waals surface area contributed by atoms with Gasteiger partial charge in [0, 0.05) is 30.4 Å². The Morgan fingerprint density at radius 2 is 1.87 bits per heavy atom. The van der Waals surface area contributed by atoms with Gasteiger partial charge in [0.1, 0.15) is 5.75 Å². The van der Waals surface area contributed by atoms with Gasteiger partial charge in [-0.25, -0.2) is 9.67 Å². The first-order chi connectivity index (χ1) is 14.5. The average Bonchev–Trinajstić information content (AvgIpc) is 3.11. The highest BCUT2D eigenvalue weighted by Crippen LogP contribution is 2.24. The predicted molar refractivity (Wildman–Crippen MR) is 107 cm³/mol. The van der Waals surface area contributed by atoms with E-state index in [2.05, 4.69) is 20.1 Å². The van der Waals surface area contributed by atoms with Gasteiger partial charge in [-0.1, -0.05) is 0 Å². The molecule has 0 bridgehead atoms. The van der Waals surface area contributed by atoms with E-state index in [9.17, 15) is 22.8 Å². The van der Waals surface area contributed by atoms with E-state index in [-0.39, 0.29) is 18.3 Å². The van der Waals surface area contributed by atoms with Crippen molar-refractivity contribution in [3.63, 3.8) is 0 Å². The molecule has 0 aliphatic heterocycles. The zero-order valence-electron chi connectivity index (χ0n) is 17.0. The molecule has 11 heteroatoms. The van der Waals surface area contributed by atoms with Crippen LogP contribution in [0.25, 0.3) is 11.0 Å². The van der Waals surface area contributed by atoms with Crippen LogP contribution in [-0.4, -0.2) is 51.4 Å². The molecular weight excluding hydrogens is 415 g/mol. The highest BCUT2D eigenvalue weighted by atomic mass is 19.4. The van der Waals surface area contributed by atoms with E-state index in [0.717, 1.165) is 12.1 Å². The number of fused-ring (bicyclic) bond motifs is 1. The van der Waals surface area contributed by atoms with E-state index in [1.54, 1.807) is 16.9 Å². The van der Waals surface area contributed by atoms with Gasteiger partial charge >= 0.3 is 6.36 Å². The molecule has 1 N–H and O–H groups in total. The molecule has 0 atom stereocenters. The quantitative estimate of drug-likeness (QED) is 0.639. The minimum absolute atomic E-state index is 0.118. The third kappa shape index (κ3) is 5.50. The molecule has 0 spiro atoms. The van der Waals surface area contributed by atoms with Crippen LogP contribution in [0.1, 0.15) is 30.2 Å². The van der Waals surface area contributed by atoms with Crippen LogP contribution in [0.4, 0.5) is 18.9 Å². The van der Waals surface area contributed by atoms with E-state index in [0.29, 0.717) is 16.6 Å². The summed E-state index contributed by atoms with van der Waals surface area (Å²) in [6, 6.07) is 6.47. The molecule has 0 aliphatic rings. The molecule has 0 saturated heterocycles. The summed E-state index contributed by atoms with van der Waals surface area (Å²) in [5.74, 6) is -1.32. The van der Waals surface area contributed by atoms with Crippen molar-refractivity contribution >= 4 is 28.5 Å². The van der Waals surface area contributed by atoms with Crippen molar-refractivity contribution in [3.8, 4) is 5.75 Å². The van der Waals surface area contributed by atoms with Crippen LogP contribution < -0.4 is 10.1 Å². The molecule has 164 valence electrons. The molecule has 3 aromatic rings. The molecule has 2 heterocycles. The number of halogens is 3. The number of rotatable bonds is 6. The summed E-state index contributed by atoms with van der Waals surface area (Å²) < 4.78 is 42.1. The number of likely N-dealkylation sites (N-methyl/N-ethyl adjacent to an activating group) is 1. The first-order valence-electron chi connectivity index (χ1n) is 9.28. The number of carbonyl (C=O) groups is 2. The summed E-state index contributed by atoms with van der Waals surface area (Å²) in [7, 11) is 1.46. The van der Waals surface area contributed by atoms with E-state index >= 15 is 0 Å². The number of anilines is 1. The van der Waals surface area contributed by atoms with Gasteiger partial charge in [-0.2, -0.15) is 5.10 Å². The summed E-state index contributed by atoms with van der Waals surface area (Å²) in [4.78, 5) is 30.4. The normalized spacial score (nSPS) is 11.6. The fourth-order valence-electron chi connectivity index (χ4n) is 2.88. The SMILES string of the molecule is CC(C)n1ncc2cc(C(=O)N(C)CC(=O)Nc3ccc(OC(F)(F)F)cc3)cnc21. The maximum absolute atomic E-state index is 12.7. The fourth-order valence-corrected chi connectivity index (χ4v) is 2.88. The minimum Gasteiger partial charge on any atom is -0.406 e. The second kappa shape index (κ2) is 8.62. The Balaban J connectivity index is 1.61. The molecule has 0 saturated carbocycles. The highest BCUT2D eigenvalue weighted by Gasteiger charge is 2.31. The number of pyridine rings is 1. The lowest BCUT2D eigenvalue weighted by atomic mass is 10.2. The lowest BCUT2D eigenvalue weighted by Crippen LogP contribution is -2.35. The number of alkyl halides is 3. The Labute approximate surface area is 175 Å². The van der Waals surface area contributed by atoms with Crippen molar-refractivity contribution < 1.29 is 27.5 Å². The van der Waals surface area contributed by atoms with Crippen LogP contribution in [0, 0.1) is 0 Å².